The van der Waals surface area contributed by atoms with E-state index in [-0.39, 0.29) is 11.3 Å². The van der Waals surface area contributed by atoms with E-state index < -0.39 is 17.3 Å². The SMILES string of the molecule is N=C(N)c1c(O)cc(O)cc1O. The molecule has 64 valence electrons. The Balaban J connectivity index is 3.38. The van der Waals surface area contributed by atoms with E-state index in [2.05, 4.69) is 0 Å². The van der Waals surface area contributed by atoms with E-state index in [4.69, 9.17) is 26.5 Å². The van der Waals surface area contributed by atoms with E-state index in [0.29, 0.717) is 0 Å². The predicted molar refractivity (Wildman–Crippen MR) is 42.5 cm³/mol. The Morgan fingerprint density at radius 1 is 1.17 bits per heavy atom. The molecule has 6 N–H and O–H groups in total. The molecule has 0 atom stereocenters. The third kappa shape index (κ3) is 1.24. The lowest BCUT2D eigenvalue weighted by atomic mass is 10.1. The van der Waals surface area contributed by atoms with E-state index in [1.807, 2.05) is 0 Å². The number of hydrogen-bond donors (Lipinski definition) is 5. The van der Waals surface area contributed by atoms with Crippen LogP contribution in [0, 0.1) is 5.41 Å². The van der Waals surface area contributed by atoms with Gasteiger partial charge in [-0.25, -0.2) is 0 Å². The predicted octanol–water partition coefficient (Wildman–Crippen LogP) is 0.0875. The summed E-state index contributed by atoms with van der Waals surface area (Å²) in [6.45, 7) is 0. The minimum absolute atomic E-state index is 0.173. The van der Waals surface area contributed by atoms with Crippen molar-refractivity contribution in [3.63, 3.8) is 0 Å². The summed E-state index contributed by atoms with van der Waals surface area (Å²) in [5.74, 6) is -1.57. The van der Waals surface area contributed by atoms with Crippen molar-refractivity contribution in [1.82, 2.24) is 0 Å². The van der Waals surface area contributed by atoms with Crippen LogP contribution in [0.15, 0.2) is 12.1 Å². The van der Waals surface area contributed by atoms with Gasteiger partial charge in [0.2, 0.25) is 0 Å². The molecule has 0 aliphatic heterocycles. The van der Waals surface area contributed by atoms with Crippen molar-refractivity contribution < 1.29 is 15.3 Å². The zero-order valence-electron chi connectivity index (χ0n) is 6.07. The number of phenols is 3. The Labute approximate surface area is 68.2 Å². The average Bonchev–Trinajstić information content (AvgIpc) is 1.82. The Morgan fingerprint density at radius 3 is 1.92 bits per heavy atom. The first-order valence-electron chi connectivity index (χ1n) is 3.11. The number of nitrogens with two attached hydrogens (primary N) is 1. The fraction of sp³-hybridized carbons (Fsp3) is 0. The molecule has 0 fully saturated rings. The topological polar surface area (TPSA) is 111 Å². The van der Waals surface area contributed by atoms with Gasteiger partial charge in [0.15, 0.2) is 0 Å². The van der Waals surface area contributed by atoms with Crippen LogP contribution in [-0.2, 0) is 0 Å². The Hall–Kier alpha value is -1.91. The molecule has 0 amide bonds. The highest BCUT2D eigenvalue weighted by Crippen LogP contribution is 2.30. The molecule has 0 radical (unpaired) electrons. The molecule has 1 aromatic rings. The van der Waals surface area contributed by atoms with Crippen LogP contribution in [0.3, 0.4) is 0 Å². The van der Waals surface area contributed by atoms with Gasteiger partial charge in [0.05, 0.1) is 5.56 Å². The van der Waals surface area contributed by atoms with Gasteiger partial charge in [0, 0.05) is 12.1 Å². The molecule has 1 rings (SSSR count). The molecule has 0 aliphatic carbocycles. The van der Waals surface area contributed by atoms with E-state index >= 15 is 0 Å². The van der Waals surface area contributed by atoms with Crippen molar-refractivity contribution in [2.45, 2.75) is 0 Å². The molecule has 0 saturated heterocycles. The summed E-state index contributed by atoms with van der Waals surface area (Å²) in [5, 5.41) is 34.0. The van der Waals surface area contributed by atoms with Gasteiger partial charge in [0.25, 0.3) is 0 Å². The van der Waals surface area contributed by atoms with Gasteiger partial charge in [-0.2, -0.15) is 0 Å². The third-order valence-electron chi connectivity index (χ3n) is 1.35. The number of amidine groups is 1. The second-order valence-electron chi connectivity index (χ2n) is 2.27. The van der Waals surface area contributed by atoms with Crippen molar-refractivity contribution in [3.05, 3.63) is 17.7 Å². The van der Waals surface area contributed by atoms with Gasteiger partial charge < -0.3 is 21.1 Å². The number of phenolic OH excluding ortho intramolecular Hbond substituents is 3. The number of nitrogen functional groups attached to an aromatic ring is 1. The fourth-order valence-electron chi connectivity index (χ4n) is 0.873. The van der Waals surface area contributed by atoms with Crippen molar-refractivity contribution in [2.75, 3.05) is 0 Å². The molecule has 12 heavy (non-hydrogen) atoms. The normalized spacial score (nSPS) is 9.67. The summed E-state index contributed by atoms with van der Waals surface area (Å²) in [7, 11) is 0. The van der Waals surface area contributed by atoms with Crippen molar-refractivity contribution >= 4 is 5.84 Å². The molecule has 0 spiro atoms. The first kappa shape index (κ1) is 8.19. The van der Waals surface area contributed by atoms with Crippen LogP contribution in [0.25, 0.3) is 0 Å². The van der Waals surface area contributed by atoms with Crippen molar-refractivity contribution in [1.29, 1.82) is 5.41 Å². The molecule has 0 bridgehead atoms. The Kier molecular flexibility index (Phi) is 1.78. The van der Waals surface area contributed by atoms with Gasteiger partial charge in [-0.05, 0) is 0 Å². The quantitative estimate of drug-likeness (QED) is 0.302. The molecule has 0 aliphatic rings. The second kappa shape index (κ2) is 2.61. The van der Waals surface area contributed by atoms with Crippen LogP contribution < -0.4 is 5.73 Å². The lowest BCUT2D eigenvalue weighted by Gasteiger charge is -2.05. The van der Waals surface area contributed by atoms with E-state index in [9.17, 15) is 0 Å². The van der Waals surface area contributed by atoms with Crippen LogP contribution in [0.5, 0.6) is 17.2 Å². The molecule has 5 nitrogen and oxygen atoms in total. The zero-order chi connectivity index (χ0) is 9.30. The molecule has 5 heteroatoms. The van der Waals surface area contributed by atoms with Crippen molar-refractivity contribution in [3.8, 4) is 17.2 Å². The van der Waals surface area contributed by atoms with E-state index in [1.54, 1.807) is 0 Å². The number of nitrogens with one attached hydrogen (secondary N) is 1. The molecule has 0 unspecified atom stereocenters. The molecular weight excluding hydrogens is 160 g/mol. The number of rotatable bonds is 1. The molecular formula is C7H8N2O3. The number of hydrogen-bond acceptors (Lipinski definition) is 4. The highest BCUT2D eigenvalue weighted by atomic mass is 16.3. The van der Waals surface area contributed by atoms with Crippen molar-refractivity contribution in [2.24, 2.45) is 5.73 Å². The summed E-state index contributed by atoms with van der Waals surface area (Å²) in [6, 6.07) is 1.99. The molecule has 1 aromatic carbocycles. The Morgan fingerprint density at radius 2 is 1.58 bits per heavy atom. The van der Waals surface area contributed by atoms with Crippen LogP contribution >= 0.6 is 0 Å². The monoisotopic (exact) mass is 168 g/mol. The molecule has 0 aromatic heterocycles. The number of aromatic hydroxyl groups is 3. The first-order chi connectivity index (χ1) is 5.52. The van der Waals surface area contributed by atoms with Gasteiger partial charge >= 0.3 is 0 Å². The van der Waals surface area contributed by atoms with E-state index in [0.717, 1.165) is 12.1 Å². The minimum Gasteiger partial charge on any atom is -0.508 e. The molecule has 0 saturated carbocycles. The van der Waals surface area contributed by atoms with Crippen LogP contribution in [0.1, 0.15) is 5.56 Å². The third-order valence-corrected chi connectivity index (χ3v) is 1.35. The zero-order valence-corrected chi connectivity index (χ0v) is 6.07. The largest absolute Gasteiger partial charge is 0.508 e. The van der Waals surface area contributed by atoms with Gasteiger partial charge in [-0.1, -0.05) is 0 Å². The second-order valence-corrected chi connectivity index (χ2v) is 2.27. The average molecular weight is 168 g/mol. The summed E-state index contributed by atoms with van der Waals surface area (Å²) in [4.78, 5) is 0. The van der Waals surface area contributed by atoms with Gasteiger partial charge in [-0.15, -0.1) is 0 Å². The maximum Gasteiger partial charge on any atom is 0.133 e. The minimum atomic E-state index is -0.454. The summed E-state index contributed by atoms with van der Waals surface area (Å²) < 4.78 is 0. The van der Waals surface area contributed by atoms with Crippen LogP contribution in [0.2, 0.25) is 0 Å². The van der Waals surface area contributed by atoms with Gasteiger partial charge in [0.1, 0.15) is 23.1 Å². The maximum atomic E-state index is 9.10. The smallest absolute Gasteiger partial charge is 0.133 e. The van der Waals surface area contributed by atoms with Crippen LogP contribution in [-0.4, -0.2) is 21.2 Å². The number of benzene rings is 1. The lowest BCUT2D eigenvalue weighted by Crippen LogP contribution is -2.11. The van der Waals surface area contributed by atoms with E-state index in [1.165, 1.54) is 0 Å². The fourth-order valence-corrected chi connectivity index (χ4v) is 0.873. The molecule has 0 heterocycles. The maximum absolute atomic E-state index is 9.10. The van der Waals surface area contributed by atoms with Gasteiger partial charge in [-0.3, -0.25) is 5.41 Å². The standard InChI is InChI=1S/C7H8N2O3/c8-7(9)6-4(11)1-3(10)2-5(6)12/h1-2,10-12H,(H3,8,9). The summed E-state index contributed by atoms with van der Waals surface area (Å²) in [6.07, 6.45) is 0. The lowest BCUT2D eigenvalue weighted by molar-refractivity contribution is 0.426. The van der Waals surface area contributed by atoms with Crippen LogP contribution in [0.4, 0.5) is 0 Å². The summed E-state index contributed by atoms with van der Waals surface area (Å²) >= 11 is 0. The Bertz CT molecular complexity index is 312. The first-order valence-corrected chi connectivity index (χ1v) is 3.11. The highest BCUT2D eigenvalue weighted by molar-refractivity contribution is 6.00. The summed E-state index contributed by atoms with van der Waals surface area (Å²) in [5.41, 5.74) is 4.87. The highest BCUT2D eigenvalue weighted by Gasteiger charge is 2.11.